The van der Waals surface area contributed by atoms with Gasteiger partial charge < -0.3 is 4.74 Å². The molecule has 25 heavy (non-hydrogen) atoms. The van der Waals surface area contributed by atoms with Gasteiger partial charge in [-0.1, -0.05) is 6.07 Å². The Morgan fingerprint density at radius 2 is 2.08 bits per heavy atom. The van der Waals surface area contributed by atoms with Crippen LogP contribution in [0, 0.1) is 12.7 Å². The van der Waals surface area contributed by atoms with Gasteiger partial charge in [0.25, 0.3) is 0 Å². The molecule has 7 heteroatoms. The number of benzene rings is 1. The molecule has 2 heterocycles. The van der Waals surface area contributed by atoms with Crippen molar-refractivity contribution in [2.45, 2.75) is 19.9 Å². The van der Waals surface area contributed by atoms with Gasteiger partial charge >= 0.3 is 12.0 Å². The largest absolute Gasteiger partial charge is 0.465 e. The monoisotopic (exact) mass is 343 g/mol. The maximum atomic E-state index is 14.1. The van der Waals surface area contributed by atoms with Crippen LogP contribution in [0.1, 0.15) is 23.0 Å². The molecule has 1 aliphatic rings. The van der Waals surface area contributed by atoms with Crippen LogP contribution in [-0.2, 0) is 4.74 Å². The highest BCUT2D eigenvalue weighted by atomic mass is 19.1. The van der Waals surface area contributed by atoms with Crippen LogP contribution >= 0.6 is 0 Å². The minimum Gasteiger partial charge on any atom is -0.465 e. The SMILES string of the molecule is COC(=O)c1cccc(N2C(=O)N(c3nc(C)ccc3F)C[C@@H]2C)c1. The summed E-state index contributed by atoms with van der Waals surface area (Å²) in [7, 11) is 1.30. The van der Waals surface area contributed by atoms with E-state index in [1.807, 2.05) is 6.92 Å². The lowest BCUT2D eigenvalue weighted by Gasteiger charge is -2.21. The Balaban J connectivity index is 1.96. The third-order valence-corrected chi connectivity index (χ3v) is 4.09. The summed E-state index contributed by atoms with van der Waals surface area (Å²) >= 11 is 0. The van der Waals surface area contributed by atoms with E-state index in [0.717, 1.165) is 0 Å². The maximum absolute atomic E-state index is 14.1. The molecule has 0 spiro atoms. The Kier molecular flexibility index (Phi) is 4.39. The number of aryl methyl sites for hydroxylation is 1. The van der Waals surface area contributed by atoms with Gasteiger partial charge in [0, 0.05) is 17.9 Å². The number of carbonyl (C=O) groups excluding carboxylic acids is 2. The van der Waals surface area contributed by atoms with Crippen LogP contribution in [0.3, 0.4) is 0 Å². The predicted octanol–water partition coefficient (Wildman–Crippen LogP) is 3.15. The summed E-state index contributed by atoms with van der Waals surface area (Å²) in [6.45, 7) is 3.90. The predicted molar refractivity (Wildman–Crippen MR) is 91.4 cm³/mol. The average molecular weight is 343 g/mol. The zero-order chi connectivity index (χ0) is 18.1. The second-order valence-electron chi connectivity index (χ2n) is 5.91. The molecule has 3 rings (SSSR count). The summed E-state index contributed by atoms with van der Waals surface area (Å²) in [5.41, 5.74) is 1.53. The summed E-state index contributed by atoms with van der Waals surface area (Å²) in [6, 6.07) is 8.87. The van der Waals surface area contributed by atoms with E-state index in [-0.39, 0.29) is 17.9 Å². The molecule has 6 nitrogen and oxygen atoms in total. The van der Waals surface area contributed by atoms with Crippen LogP contribution < -0.4 is 9.80 Å². The van der Waals surface area contributed by atoms with Crippen molar-refractivity contribution in [3.05, 3.63) is 53.5 Å². The fourth-order valence-electron chi connectivity index (χ4n) is 2.90. The van der Waals surface area contributed by atoms with Gasteiger partial charge in [-0.3, -0.25) is 9.80 Å². The third-order valence-electron chi connectivity index (χ3n) is 4.09. The number of pyridine rings is 1. The molecule has 0 aliphatic carbocycles. The normalized spacial score (nSPS) is 17.1. The van der Waals surface area contributed by atoms with Gasteiger partial charge in [-0.25, -0.2) is 19.0 Å². The van der Waals surface area contributed by atoms with Gasteiger partial charge in [0.1, 0.15) is 0 Å². The summed E-state index contributed by atoms with van der Waals surface area (Å²) in [5.74, 6) is -1.01. The number of methoxy groups -OCH3 is 1. The van der Waals surface area contributed by atoms with Crippen LogP contribution in [0.4, 0.5) is 20.7 Å². The first-order chi connectivity index (χ1) is 11.9. The molecule has 0 radical (unpaired) electrons. The molecule has 0 bridgehead atoms. The van der Waals surface area contributed by atoms with Crippen molar-refractivity contribution in [3.63, 3.8) is 0 Å². The van der Waals surface area contributed by atoms with E-state index in [0.29, 0.717) is 23.5 Å². The zero-order valence-electron chi connectivity index (χ0n) is 14.2. The fourth-order valence-corrected chi connectivity index (χ4v) is 2.90. The highest BCUT2D eigenvalue weighted by molar-refractivity contribution is 6.06. The number of nitrogens with zero attached hydrogens (tertiary/aromatic N) is 3. The molecule has 0 saturated carbocycles. The lowest BCUT2D eigenvalue weighted by atomic mass is 10.1. The van der Waals surface area contributed by atoms with Crippen LogP contribution in [0.5, 0.6) is 0 Å². The Morgan fingerprint density at radius 3 is 2.80 bits per heavy atom. The lowest BCUT2D eigenvalue weighted by Crippen LogP contribution is -2.34. The van der Waals surface area contributed by atoms with Crippen LogP contribution in [0.15, 0.2) is 36.4 Å². The van der Waals surface area contributed by atoms with E-state index in [9.17, 15) is 14.0 Å². The minimum absolute atomic E-state index is 0.0171. The smallest absolute Gasteiger partial charge is 0.337 e. The second-order valence-corrected chi connectivity index (χ2v) is 5.91. The molecule has 0 N–H and O–H groups in total. The average Bonchev–Trinajstić information content (AvgIpc) is 2.90. The van der Waals surface area contributed by atoms with E-state index in [2.05, 4.69) is 4.98 Å². The summed E-state index contributed by atoms with van der Waals surface area (Å²) in [5, 5.41) is 0. The first-order valence-electron chi connectivity index (χ1n) is 7.84. The van der Waals surface area contributed by atoms with Gasteiger partial charge in [0.2, 0.25) is 0 Å². The van der Waals surface area contributed by atoms with Crippen molar-refractivity contribution >= 4 is 23.5 Å². The molecule has 1 aromatic carbocycles. The molecule has 2 amide bonds. The maximum Gasteiger partial charge on any atom is 0.337 e. The van der Waals surface area contributed by atoms with Gasteiger partial charge in [-0.15, -0.1) is 0 Å². The van der Waals surface area contributed by atoms with Crippen LogP contribution in [-0.4, -0.2) is 36.7 Å². The second kappa shape index (κ2) is 6.51. The summed E-state index contributed by atoms with van der Waals surface area (Å²) in [6.07, 6.45) is 0. The number of carbonyl (C=O) groups is 2. The summed E-state index contributed by atoms with van der Waals surface area (Å²) in [4.78, 5) is 31.6. The number of esters is 1. The number of hydrogen-bond donors (Lipinski definition) is 0. The van der Waals surface area contributed by atoms with Crippen LogP contribution in [0.25, 0.3) is 0 Å². The zero-order valence-corrected chi connectivity index (χ0v) is 14.2. The Labute approximate surface area is 144 Å². The topological polar surface area (TPSA) is 62.7 Å². The minimum atomic E-state index is -0.545. The van der Waals surface area contributed by atoms with Crippen LogP contribution in [0.2, 0.25) is 0 Å². The molecule has 1 aliphatic heterocycles. The van der Waals surface area contributed by atoms with Gasteiger partial charge in [0.15, 0.2) is 11.6 Å². The number of hydrogen-bond acceptors (Lipinski definition) is 4. The third kappa shape index (κ3) is 3.05. The van der Waals surface area contributed by atoms with E-state index in [4.69, 9.17) is 4.74 Å². The molecule has 1 fully saturated rings. The van der Waals surface area contributed by atoms with Gasteiger partial charge in [-0.05, 0) is 44.2 Å². The lowest BCUT2D eigenvalue weighted by molar-refractivity contribution is 0.0600. The molecular weight excluding hydrogens is 325 g/mol. The number of anilines is 2. The van der Waals surface area contributed by atoms with Gasteiger partial charge in [-0.2, -0.15) is 0 Å². The van der Waals surface area contributed by atoms with Crippen molar-refractivity contribution in [2.24, 2.45) is 0 Å². The Bertz CT molecular complexity index is 840. The molecule has 130 valence electrons. The number of aromatic nitrogens is 1. The van der Waals surface area contributed by atoms with Crippen molar-refractivity contribution in [2.75, 3.05) is 23.5 Å². The van der Waals surface area contributed by atoms with Crippen molar-refractivity contribution in [3.8, 4) is 0 Å². The number of rotatable bonds is 3. The van der Waals surface area contributed by atoms with Crippen molar-refractivity contribution < 1.29 is 18.7 Å². The number of urea groups is 1. The first-order valence-corrected chi connectivity index (χ1v) is 7.84. The van der Waals surface area contributed by atoms with E-state index >= 15 is 0 Å². The molecular formula is C18H18FN3O3. The van der Waals surface area contributed by atoms with E-state index < -0.39 is 11.8 Å². The van der Waals surface area contributed by atoms with E-state index in [1.165, 1.54) is 23.0 Å². The quantitative estimate of drug-likeness (QED) is 0.803. The van der Waals surface area contributed by atoms with E-state index in [1.54, 1.807) is 37.3 Å². The first kappa shape index (κ1) is 16.9. The van der Waals surface area contributed by atoms with Gasteiger partial charge in [0.05, 0.1) is 18.7 Å². The van der Waals surface area contributed by atoms with Crippen molar-refractivity contribution in [1.82, 2.24) is 4.98 Å². The van der Waals surface area contributed by atoms with Crippen molar-refractivity contribution in [1.29, 1.82) is 0 Å². The standard InChI is InChI=1S/C18H18FN3O3/c1-11-7-8-15(19)16(20-11)21-10-12(2)22(18(21)24)14-6-4-5-13(9-14)17(23)25-3/h4-9,12H,10H2,1-3H3/t12-/m0/s1. The molecule has 1 atom stereocenters. The number of halogens is 1. The number of amides is 2. The Morgan fingerprint density at radius 1 is 1.32 bits per heavy atom. The molecule has 0 unspecified atom stereocenters. The number of ether oxygens (including phenoxy) is 1. The fraction of sp³-hybridized carbons (Fsp3) is 0.278. The highest BCUT2D eigenvalue weighted by Gasteiger charge is 2.38. The molecule has 1 aromatic heterocycles. The molecule has 2 aromatic rings. The summed E-state index contributed by atoms with van der Waals surface area (Å²) < 4.78 is 18.8. The highest BCUT2D eigenvalue weighted by Crippen LogP contribution is 2.30. The molecule has 1 saturated heterocycles. The Hall–Kier alpha value is -2.96.